The first kappa shape index (κ1) is 31.1. The van der Waals surface area contributed by atoms with Crippen LogP contribution in [-0.4, -0.2) is 18.7 Å². The molecule has 9 aromatic rings. The summed E-state index contributed by atoms with van der Waals surface area (Å²) in [5, 5.41) is 3.58. The normalized spacial score (nSPS) is 13.8. The molecule has 0 fully saturated rings. The van der Waals surface area contributed by atoms with E-state index >= 15 is 0 Å². The van der Waals surface area contributed by atoms with Crippen molar-refractivity contribution < 1.29 is 0 Å². The highest BCUT2D eigenvalue weighted by Gasteiger charge is 2.35. The van der Waals surface area contributed by atoms with Crippen LogP contribution in [0, 0.1) is 0 Å². The van der Waals surface area contributed by atoms with Gasteiger partial charge < -0.3 is 4.57 Å². The maximum Gasteiger partial charge on any atom is 0.165 e. The number of nitrogens with zero attached hydrogens (tertiary/aromatic N) is 4. The van der Waals surface area contributed by atoms with Crippen molar-refractivity contribution in [2.45, 2.75) is 26.2 Å². The number of hydrogen-bond acceptors (Lipinski definition) is 1. The van der Waals surface area contributed by atoms with Gasteiger partial charge in [-0.1, -0.05) is 130 Å². The van der Waals surface area contributed by atoms with Crippen LogP contribution >= 0.6 is 0 Å². The first-order valence-electron chi connectivity index (χ1n) is 18.3. The molecular formula is C49H38N4. The molecule has 0 radical (unpaired) electrons. The minimum Gasteiger partial charge on any atom is -0.309 e. The van der Waals surface area contributed by atoms with Gasteiger partial charge >= 0.3 is 0 Å². The van der Waals surface area contributed by atoms with E-state index in [9.17, 15) is 0 Å². The maximum atomic E-state index is 5.48. The van der Waals surface area contributed by atoms with Gasteiger partial charge in [0, 0.05) is 44.2 Å². The topological polar surface area (TPSA) is 27.7 Å². The third kappa shape index (κ3) is 4.45. The largest absolute Gasteiger partial charge is 0.309 e. The van der Waals surface area contributed by atoms with Crippen LogP contribution in [0.4, 0.5) is 0 Å². The zero-order valence-electron chi connectivity index (χ0n) is 30.1. The lowest BCUT2D eigenvalue weighted by atomic mass is 9.82. The minimum absolute atomic E-state index is 0.0972. The smallest absolute Gasteiger partial charge is 0.165 e. The third-order valence-corrected chi connectivity index (χ3v) is 11.2. The van der Waals surface area contributed by atoms with Crippen molar-refractivity contribution in [1.82, 2.24) is 18.7 Å². The highest BCUT2D eigenvalue weighted by atomic mass is 15.2. The van der Waals surface area contributed by atoms with E-state index in [1.54, 1.807) is 0 Å². The van der Waals surface area contributed by atoms with E-state index in [2.05, 4.69) is 193 Å². The van der Waals surface area contributed by atoms with E-state index in [0.717, 1.165) is 44.8 Å². The van der Waals surface area contributed by atoms with Crippen molar-refractivity contribution in [2.75, 3.05) is 0 Å². The number of allylic oxidation sites excluding steroid dienone is 5. The Morgan fingerprint density at radius 2 is 1.25 bits per heavy atom. The van der Waals surface area contributed by atoms with E-state index < -0.39 is 0 Å². The predicted molar refractivity (Wildman–Crippen MR) is 223 cm³/mol. The summed E-state index contributed by atoms with van der Waals surface area (Å²) in [4.78, 5) is 5.48. The highest BCUT2D eigenvalue weighted by Crippen LogP contribution is 2.50. The molecule has 53 heavy (non-hydrogen) atoms. The number of hydrogen-bond donors (Lipinski definition) is 0. The lowest BCUT2D eigenvalue weighted by Crippen LogP contribution is -2.15. The molecule has 10 rings (SSSR count). The van der Waals surface area contributed by atoms with Gasteiger partial charge in [0.05, 0.1) is 16.6 Å². The predicted octanol–water partition coefficient (Wildman–Crippen LogP) is 12.5. The lowest BCUT2D eigenvalue weighted by Gasteiger charge is -2.22. The second-order valence-corrected chi connectivity index (χ2v) is 14.4. The van der Waals surface area contributed by atoms with Crippen LogP contribution in [0.1, 0.15) is 37.7 Å². The van der Waals surface area contributed by atoms with Crippen molar-refractivity contribution >= 4 is 49.4 Å². The number of rotatable bonds is 6. The van der Waals surface area contributed by atoms with Crippen LogP contribution in [0.3, 0.4) is 0 Å². The van der Waals surface area contributed by atoms with E-state index in [1.807, 2.05) is 12.2 Å². The lowest BCUT2D eigenvalue weighted by molar-refractivity contribution is 0.660. The van der Waals surface area contributed by atoms with Crippen LogP contribution in [-0.2, 0) is 5.41 Å². The number of imidazole rings is 1. The van der Waals surface area contributed by atoms with Gasteiger partial charge in [-0.05, 0) is 83.8 Å². The Labute approximate surface area is 308 Å². The fourth-order valence-corrected chi connectivity index (χ4v) is 8.74. The third-order valence-electron chi connectivity index (χ3n) is 11.2. The van der Waals surface area contributed by atoms with Crippen LogP contribution in [0.2, 0.25) is 0 Å². The molecule has 0 amide bonds. The fraction of sp³-hybridized carbons (Fsp3) is 0.0816. The van der Waals surface area contributed by atoms with Gasteiger partial charge in [0.25, 0.3) is 0 Å². The van der Waals surface area contributed by atoms with Crippen molar-refractivity contribution in [3.63, 3.8) is 0 Å². The zero-order valence-corrected chi connectivity index (χ0v) is 30.1. The molecule has 6 aromatic carbocycles. The summed E-state index contributed by atoms with van der Waals surface area (Å²) in [6.07, 6.45) is 8.00. The Morgan fingerprint density at radius 3 is 2.00 bits per heavy atom. The molecule has 1 aliphatic rings. The zero-order chi connectivity index (χ0) is 35.8. The molecule has 0 saturated carbocycles. The SMILES string of the molecule is C=C/C=C\C(=C/C)c1nc2c(c3cc4c5ccccc5n(-c5ccc6c(c5)C(C)(C)c5ccccc5-6)c4cc3n2-c2ccccc2)n1-c1ccccc1. The Kier molecular flexibility index (Phi) is 6.86. The molecule has 1 aliphatic carbocycles. The minimum atomic E-state index is -0.0972. The number of para-hydroxylation sites is 3. The van der Waals surface area contributed by atoms with Crippen LogP contribution in [0.25, 0.3) is 77.6 Å². The van der Waals surface area contributed by atoms with Gasteiger partial charge in [0.2, 0.25) is 0 Å². The average Bonchev–Trinajstić information content (AvgIpc) is 3.89. The molecule has 3 heterocycles. The summed E-state index contributed by atoms with van der Waals surface area (Å²) >= 11 is 0. The van der Waals surface area contributed by atoms with E-state index in [0.29, 0.717) is 0 Å². The first-order valence-corrected chi connectivity index (χ1v) is 18.3. The van der Waals surface area contributed by atoms with E-state index in [1.165, 1.54) is 49.7 Å². The summed E-state index contributed by atoms with van der Waals surface area (Å²) in [6.45, 7) is 10.7. The monoisotopic (exact) mass is 682 g/mol. The van der Waals surface area contributed by atoms with Gasteiger partial charge in [-0.2, -0.15) is 0 Å². The quantitative estimate of drug-likeness (QED) is 0.160. The Hall–Kier alpha value is -6.65. The molecule has 4 heteroatoms. The van der Waals surface area contributed by atoms with E-state index in [-0.39, 0.29) is 5.41 Å². The molecule has 0 aliphatic heterocycles. The van der Waals surface area contributed by atoms with Crippen molar-refractivity contribution in [3.8, 4) is 28.2 Å². The van der Waals surface area contributed by atoms with Gasteiger partial charge in [0.1, 0.15) is 11.3 Å². The summed E-state index contributed by atoms with van der Waals surface area (Å²) in [5.41, 5.74) is 15.1. The number of aromatic nitrogens is 4. The molecular weight excluding hydrogens is 645 g/mol. The molecule has 4 nitrogen and oxygen atoms in total. The number of fused-ring (bicyclic) bond motifs is 9. The van der Waals surface area contributed by atoms with Crippen molar-refractivity contribution in [2.24, 2.45) is 0 Å². The fourth-order valence-electron chi connectivity index (χ4n) is 8.74. The molecule has 254 valence electrons. The van der Waals surface area contributed by atoms with Crippen LogP contribution in [0.15, 0.2) is 170 Å². The Balaban J connectivity index is 1.33. The average molecular weight is 683 g/mol. The van der Waals surface area contributed by atoms with Crippen LogP contribution < -0.4 is 0 Å². The molecule has 3 aromatic heterocycles. The Morgan fingerprint density at radius 1 is 0.585 bits per heavy atom. The molecule has 0 unspecified atom stereocenters. The number of benzene rings is 6. The second-order valence-electron chi connectivity index (χ2n) is 14.4. The molecule has 0 saturated heterocycles. The van der Waals surface area contributed by atoms with Crippen molar-refractivity contribution in [3.05, 3.63) is 187 Å². The van der Waals surface area contributed by atoms with Gasteiger partial charge in [-0.15, -0.1) is 0 Å². The maximum absolute atomic E-state index is 5.48. The van der Waals surface area contributed by atoms with E-state index in [4.69, 9.17) is 4.98 Å². The highest BCUT2D eigenvalue weighted by molar-refractivity contribution is 6.18. The second kappa shape index (κ2) is 11.7. The summed E-state index contributed by atoms with van der Waals surface area (Å²) < 4.78 is 7.12. The molecule has 0 spiro atoms. The summed E-state index contributed by atoms with van der Waals surface area (Å²) in [7, 11) is 0. The van der Waals surface area contributed by atoms with Crippen LogP contribution in [0.5, 0.6) is 0 Å². The van der Waals surface area contributed by atoms with Gasteiger partial charge in [-0.3, -0.25) is 9.13 Å². The molecule has 0 N–H and O–H groups in total. The first-order chi connectivity index (χ1) is 26.0. The van der Waals surface area contributed by atoms with Gasteiger partial charge in [0.15, 0.2) is 5.65 Å². The summed E-state index contributed by atoms with van der Waals surface area (Å²) in [6, 6.07) is 50.7. The standard InChI is InChI=1S/C49H38N4/c1-5-7-18-32(6-2)47-50-48-46(53(47)34-21-12-9-13-22-34)40-30-39-38-24-15-17-26-43(38)51(44(39)31-45(40)52(48)33-19-10-8-11-20-33)35-27-28-37-36-23-14-16-25-41(36)49(3,4)42(37)29-35/h5-31H,1H2,2-4H3/b18-7-,32-6+. The molecule has 0 bridgehead atoms. The summed E-state index contributed by atoms with van der Waals surface area (Å²) in [5.74, 6) is 0.887. The van der Waals surface area contributed by atoms with Gasteiger partial charge in [-0.25, -0.2) is 4.98 Å². The van der Waals surface area contributed by atoms with Crippen molar-refractivity contribution in [1.29, 1.82) is 0 Å². The Bertz CT molecular complexity index is 2980. The molecule has 0 atom stereocenters.